The molecular formula is C8H17BO3. The van der Waals surface area contributed by atoms with Gasteiger partial charge in [0.25, 0.3) is 0 Å². The van der Waals surface area contributed by atoms with Gasteiger partial charge >= 0.3 is 7.32 Å². The fourth-order valence-corrected chi connectivity index (χ4v) is 1.54. The minimum Gasteiger partial charge on any atom is -0.402 e. The zero-order valence-corrected chi connectivity index (χ0v) is 7.82. The van der Waals surface area contributed by atoms with Crippen molar-refractivity contribution in [2.24, 2.45) is 0 Å². The third-order valence-corrected chi connectivity index (χ3v) is 2.21. The Balaban J connectivity index is 2.34. The average Bonchev–Trinajstić information content (AvgIpc) is 2.04. The topological polar surface area (TPSA) is 38.7 Å². The van der Waals surface area contributed by atoms with Gasteiger partial charge in [0.15, 0.2) is 0 Å². The monoisotopic (exact) mass is 172 g/mol. The molecule has 0 saturated carbocycles. The molecule has 3 nitrogen and oxygen atoms in total. The van der Waals surface area contributed by atoms with Crippen LogP contribution in [0.2, 0.25) is 0 Å². The van der Waals surface area contributed by atoms with Crippen molar-refractivity contribution in [1.29, 1.82) is 0 Å². The SMILES string of the molecule is CCCC1CC(CC)OB(O)O1. The van der Waals surface area contributed by atoms with Crippen molar-refractivity contribution >= 4 is 7.32 Å². The van der Waals surface area contributed by atoms with Crippen molar-refractivity contribution in [3.05, 3.63) is 0 Å². The lowest BCUT2D eigenvalue weighted by Crippen LogP contribution is -2.41. The summed E-state index contributed by atoms with van der Waals surface area (Å²) >= 11 is 0. The highest BCUT2D eigenvalue weighted by Gasteiger charge is 2.32. The summed E-state index contributed by atoms with van der Waals surface area (Å²) in [5, 5.41) is 9.16. The van der Waals surface area contributed by atoms with Crippen LogP contribution in [0, 0.1) is 0 Å². The Bertz CT molecular complexity index is 131. The van der Waals surface area contributed by atoms with Crippen molar-refractivity contribution in [2.75, 3.05) is 0 Å². The van der Waals surface area contributed by atoms with Crippen LogP contribution >= 0.6 is 0 Å². The smallest absolute Gasteiger partial charge is 0.402 e. The Labute approximate surface area is 74.2 Å². The first-order valence-corrected chi connectivity index (χ1v) is 4.75. The summed E-state index contributed by atoms with van der Waals surface area (Å²) in [5.74, 6) is 0. The molecule has 0 spiro atoms. The van der Waals surface area contributed by atoms with Gasteiger partial charge in [-0.05, 0) is 19.3 Å². The van der Waals surface area contributed by atoms with Crippen LogP contribution in [0.3, 0.4) is 0 Å². The molecule has 1 aliphatic rings. The van der Waals surface area contributed by atoms with E-state index in [1.165, 1.54) is 0 Å². The van der Waals surface area contributed by atoms with E-state index in [1.807, 2.05) is 0 Å². The second-order valence-corrected chi connectivity index (χ2v) is 3.26. The van der Waals surface area contributed by atoms with Crippen LogP contribution in [-0.2, 0) is 9.31 Å². The van der Waals surface area contributed by atoms with E-state index < -0.39 is 7.32 Å². The van der Waals surface area contributed by atoms with Crippen LogP contribution in [0.4, 0.5) is 0 Å². The first kappa shape index (κ1) is 10.0. The van der Waals surface area contributed by atoms with Crippen molar-refractivity contribution in [3.63, 3.8) is 0 Å². The predicted octanol–water partition coefficient (Wildman–Crippen LogP) is 1.35. The second kappa shape index (κ2) is 4.85. The van der Waals surface area contributed by atoms with E-state index in [0.717, 1.165) is 25.7 Å². The molecule has 0 aliphatic carbocycles. The lowest BCUT2D eigenvalue weighted by atomic mass is 9.99. The Hall–Kier alpha value is -0.0551. The molecule has 0 radical (unpaired) electrons. The molecule has 1 rings (SSSR count). The second-order valence-electron chi connectivity index (χ2n) is 3.26. The third kappa shape index (κ3) is 2.77. The molecule has 70 valence electrons. The van der Waals surface area contributed by atoms with E-state index in [4.69, 9.17) is 14.3 Å². The van der Waals surface area contributed by atoms with Gasteiger partial charge in [-0.3, -0.25) is 0 Å². The molecule has 0 aromatic rings. The Kier molecular flexibility index (Phi) is 4.05. The maximum Gasteiger partial charge on any atom is 0.637 e. The molecule has 0 bridgehead atoms. The maximum atomic E-state index is 9.16. The molecule has 1 saturated heterocycles. The summed E-state index contributed by atoms with van der Waals surface area (Å²) in [5.41, 5.74) is 0. The molecule has 1 N–H and O–H groups in total. The molecule has 1 aliphatic heterocycles. The number of rotatable bonds is 3. The quantitative estimate of drug-likeness (QED) is 0.653. The van der Waals surface area contributed by atoms with Crippen molar-refractivity contribution in [2.45, 2.75) is 51.7 Å². The molecule has 0 aromatic heterocycles. The van der Waals surface area contributed by atoms with Crippen LogP contribution in [0.5, 0.6) is 0 Å². The minimum atomic E-state index is -1.000. The molecular weight excluding hydrogens is 155 g/mol. The van der Waals surface area contributed by atoms with Gasteiger partial charge in [0.1, 0.15) is 0 Å². The van der Waals surface area contributed by atoms with Crippen molar-refractivity contribution < 1.29 is 14.3 Å². The number of hydrogen-bond acceptors (Lipinski definition) is 3. The van der Waals surface area contributed by atoms with Crippen LogP contribution in [0.1, 0.15) is 39.5 Å². The summed E-state index contributed by atoms with van der Waals surface area (Å²) < 4.78 is 10.3. The Morgan fingerprint density at radius 1 is 1.33 bits per heavy atom. The van der Waals surface area contributed by atoms with E-state index in [0.29, 0.717) is 0 Å². The van der Waals surface area contributed by atoms with Gasteiger partial charge in [-0.15, -0.1) is 0 Å². The van der Waals surface area contributed by atoms with E-state index in [2.05, 4.69) is 13.8 Å². The Morgan fingerprint density at radius 3 is 2.58 bits per heavy atom. The van der Waals surface area contributed by atoms with Gasteiger partial charge in [-0.1, -0.05) is 20.3 Å². The molecule has 1 heterocycles. The fraction of sp³-hybridized carbons (Fsp3) is 1.00. The highest BCUT2D eigenvalue weighted by Crippen LogP contribution is 2.20. The van der Waals surface area contributed by atoms with Crippen LogP contribution in [0.25, 0.3) is 0 Å². The molecule has 1 fully saturated rings. The lowest BCUT2D eigenvalue weighted by molar-refractivity contribution is -0.0218. The van der Waals surface area contributed by atoms with Gasteiger partial charge in [-0.2, -0.15) is 0 Å². The highest BCUT2D eigenvalue weighted by molar-refractivity contribution is 6.34. The van der Waals surface area contributed by atoms with E-state index in [9.17, 15) is 0 Å². The molecule has 0 aromatic carbocycles. The van der Waals surface area contributed by atoms with Crippen LogP contribution in [0.15, 0.2) is 0 Å². The first-order chi connectivity index (χ1) is 5.76. The Morgan fingerprint density at radius 2 is 2.00 bits per heavy atom. The summed E-state index contributed by atoms with van der Waals surface area (Å²) in [7, 11) is -1.000. The van der Waals surface area contributed by atoms with Gasteiger partial charge in [-0.25, -0.2) is 0 Å². The zero-order chi connectivity index (χ0) is 8.97. The first-order valence-electron chi connectivity index (χ1n) is 4.75. The number of hydrogen-bond donors (Lipinski definition) is 1. The standard InChI is InChI=1S/C8H17BO3/c1-3-5-8-6-7(4-2)11-9(10)12-8/h7-8,10H,3-6H2,1-2H3. The summed E-state index contributed by atoms with van der Waals surface area (Å²) in [6.07, 6.45) is 4.32. The van der Waals surface area contributed by atoms with E-state index in [-0.39, 0.29) is 12.2 Å². The molecule has 4 heteroatoms. The normalized spacial score (nSPS) is 30.8. The van der Waals surface area contributed by atoms with Crippen molar-refractivity contribution in [3.8, 4) is 0 Å². The molecule has 2 atom stereocenters. The van der Waals surface area contributed by atoms with Gasteiger partial charge in [0.2, 0.25) is 0 Å². The van der Waals surface area contributed by atoms with Crippen LogP contribution in [-0.4, -0.2) is 24.6 Å². The third-order valence-electron chi connectivity index (χ3n) is 2.21. The summed E-state index contributed by atoms with van der Waals surface area (Å²) in [4.78, 5) is 0. The molecule has 2 unspecified atom stereocenters. The van der Waals surface area contributed by atoms with E-state index >= 15 is 0 Å². The minimum absolute atomic E-state index is 0.172. The van der Waals surface area contributed by atoms with Crippen molar-refractivity contribution in [1.82, 2.24) is 0 Å². The fourth-order valence-electron chi connectivity index (χ4n) is 1.54. The van der Waals surface area contributed by atoms with Gasteiger partial charge < -0.3 is 14.3 Å². The molecule has 0 amide bonds. The highest BCUT2D eigenvalue weighted by atomic mass is 16.7. The maximum absolute atomic E-state index is 9.16. The summed E-state index contributed by atoms with van der Waals surface area (Å²) in [6, 6.07) is 0. The average molecular weight is 172 g/mol. The predicted molar refractivity (Wildman–Crippen MR) is 47.5 cm³/mol. The van der Waals surface area contributed by atoms with Gasteiger partial charge in [0, 0.05) is 12.2 Å². The largest absolute Gasteiger partial charge is 0.637 e. The zero-order valence-electron chi connectivity index (χ0n) is 7.82. The molecule has 12 heavy (non-hydrogen) atoms. The van der Waals surface area contributed by atoms with Gasteiger partial charge in [0.05, 0.1) is 0 Å². The summed E-state index contributed by atoms with van der Waals surface area (Å²) in [6.45, 7) is 4.18. The van der Waals surface area contributed by atoms with E-state index in [1.54, 1.807) is 0 Å². The lowest BCUT2D eigenvalue weighted by Gasteiger charge is -2.30. The van der Waals surface area contributed by atoms with Crippen LogP contribution < -0.4 is 0 Å².